The summed E-state index contributed by atoms with van der Waals surface area (Å²) in [5.41, 5.74) is 0.784. The summed E-state index contributed by atoms with van der Waals surface area (Å²) in [5, 5.41) is 15.8. The minimum absolute atomic E-state index is 0.00552. The van der Waals surface area contributed by atoms with Crippen LogP contribution in [0, 0.1) is 11.8 Å². The Kier molecular flexibility index (Phi) is 15.8. The smallest absolute Gasteiger partial charge is 0.407 e. The lowest BCUT2D eigenvalue weighted by Gasteiger charge is -2.25. The average Bonchev–Trinajstić information content (AvgIpc) is 2.89. The van der Waals surface area contributed by atoms with E-state index in [1.165, 1.54) is 12.1 Å². The molecular formula is C27H45N5O7S2. The summed E-state index contributed by atoms with van der Waals surface area (Å²) in [6, 6.07) is 3.20. The molecule has 232 valence electrons. The number of amides is 4. The number of ether oxygens (including phenoxy) is 1. The standard InChI is InChI=1S/C27H45N5O7S2/c1-6-7-21(32-27(36)39-15-18(4)5)25(34)30-22(14-17(2)3)26(35)31-23(16-40)24(33)29-13-12-19-8-10-20(11-9-19)41(28,37)38/h8-11,17-18,21-23,40H,6-7,12-16H2,1-5H3,(H,29,33)(H,30,34)(H,31,35)(H,32,36)(H2,28,37,38)/t21-,22-,23-/m0/s1. The van der Waals surface area contributed by atoms with Crippen LogP contribution in [0.2, 0.25) is 0 Å². The monoisotopic (exact) mass is 615 g/mol. The van der Waals surface area contributed by atoms with E-state index in [1.807, 2.05) is 34.6 Å². The predicted molar refractivity (Wildman–Crippen MR) is 160 cm³/mol. The van der Waals surface area contributed by atoms with E-state index < -0.39 is 52.0 Å². The van der Waals surface area contributed by atoms with Crippen molar-refractivity contribution < 1.29 is 32.3 Å². The first-order valence-electron chi connectivity index (χ1n) is 13.7. The third kappa shape index (κ3) is 14.1. The van der Waals surface area contributed by atoms with E-state index in [9.17, 15) is 27.6 Å². The minimum atomic E-state index is -3.79. The number of primary sulfonamides is 1. The highest BCUT2D eigenvalue weighted by molar-refractivity contribution is 7.89. The van der Waals surface area contributed by atoms with Crippen LogP contribution in [0.1, 0.15) is 59.4 Å². The Morgan fingerprint density at radius 2 is 1.46 bits per heavy atom. The zero-order valence-corrected chi connectivity index (χ0v) is 26.1. The third-order valence-electron chi connectivity index (χ3n) is 5.85. The molecule has 0 aliphatic heterocycles. The normalized spacial score (nSPS) is 13.7. The number of sulfonamides is 1. The van der Waals surface area contributed by atoms with Crippen LogP contribution in [0.4, 0.5) is 4.79 Å². The maximum Gasteiger partial charge on any atom is 0.407 e. The summed E-state index contributed by atoms with van der Waals surface area (Å²) in [4.78, 5) is 51.1. The van der Waals surface area contributed by atoms with Crippen molar-refractivity contribution in [3.63, 3.8) is 0 Å². The lowest BCUT2D eigenvalue weighted by atomic mass is 10.0. The van der Waals surface area contributed by atoms with Gasteiger partial charge >= 0.3 is 6.09 Å². The molecule has 6 N–H and O–H groups in total. The Balaban J connectivity index is 2.79. The van der Waals surface area contributed by atoms with Crippen molar-refractivity contribution in [2.24, 2.45) is 17.0 Å². The van der Waals surface area contributed by atoms with Crippen molar-refractivity contribution >= 4 is 46.5 Å². The molecule has 0 heterocycles. The molecule has 0 aliphatic rings. The van der Waals surface area contributed by atoms with Gasteiger partial charge in [-0.05, 0) is 48.8 Å². The van der Waals surface area contributed by atoms with Gasteiger partial charge in [0.1, 0.15) is 18.1 Å². The summed E-state index contributed by atoms with van der Waals surface area (Å²) in [7, 11) is -3.79. The fourth-order valence-electron chi connectivity index (χ4n) is 3.72. The Morgan fingerprint density at radius 3 is 1.98 bits per heavy atom. The fraction of sp³-hybridized carbons (Fsp3) is 0.630. The molecule has 1 aromatic carbocycles. The van der Waals surface area contributed by atoms with Crippen LogP contribution < -0.4 is 26.4 Å². The van der Waals surface area contributed by atoms with Gasteiger partial charge in [0, 0.05) is 12.3 Å². The van der Waals surface area contributed by atoms with Gasteiger partial charge in [0.25, 0.3) is 0 Å². The van der Waals surface area contributed by atoms with Crippen LogP contribution in [0.25, 0.3) is 0 Å². The van der Waals surface area contributed by atoms with Gasteiger partial charge in [-0.25, -0.2) is 18.4 Å². The third-order valence-corrected chi connectivity index (χ3v) is 7.15. The van der Waals surface area contributed by atoms with Crippen molar-refractivity contribution in [2.75, 3.05) is 18.9 Å². The largest absolute Gasteiger partial charge is 0.449 e. The molecule has 14 heteroatoms. The minimum Gasteiger partial charge on any atom is -0.449 e. The number of alkyl carbamates (subject to hydrolysis) is 1. The van der Waals surface area contributed by atoms with Gasteiger partial charge in [0.2, 0.25) is 27.7 Å². The first-order valence-corrected chi connectivity index (χ1v) is 15.9. The number of hydrogen-bond acceptors (Lipinski definition) is 8. The van der Waals surface area contributed by atoms with Crippen molar-refractivity contribution in [3.05, 3.63) is 29.8 Å². The molecule has 0 fully saturated rings. The maximum absolute atomic E-state index is 13.2. The highest BCUT2D eigenvalue weighted by Gasteiger charge is 2.29. The van der Waals surface area contributed by atoms with Gasteiger partial charge in [0.15, 0.2) is 0 Å². The van der Waals surface area contributed by atoms with E-state index in [0.29, 0.717) is 25.7 Å². The molecule has 0 aromatic heterocycles. The summed E-state index contributed by atoms with van der Waals surface area (Å²) < 4.78 is 27.9. The van der Waals surface area contributed by atoms with E-state index in [0.717, 1.165) is 5.56 Å². The topological polar surface area (TPSA) is 186 Å². The predicted octanol–water partition coefficient (Wildman–Crippen LogP) is 1.49. The molecule has 4 amide bonds. The summed E-state index contributed by atoms with van der Waals surface area (Å²) in [6.07, 6.45) is 0.988. The second kappa shape index (κ2) is 17.9. The molecule has 1 rings (SSSR count). The number of rotatable bonds is 17. The van der Waals surface area contributed by atoms with E-state index >= 15 is 0 Å². The van der Waals surface area contributed by atoms with Gasteiger partial charge in [-0.15, -0.1) is 0 Å². The van der Waals surface area contributed by atoms with Crippen LogP contribution >= 0.6 is 12.6 Å². The number of benzene rings is 1. The summed E-state index contributed by atoms with van der Waals surface area (Å²) >= 11 is 4.21. The highest BCUT2D eigenvalue weighted by Crippen LogP contribution is 2.10. The number of thiol groups is 1. The summed E-state index contributed by atoms with van der Waals surface area (Å²) in [6.45, 7) is 9.91. The Morgan fingerprint density at radius 1 is 0.878 bits per heavy atom. The zero-order valence-electron chi connectivity index (χ0n) is 24.4. The second-order valence-corrected chi connectivity index (χ2v) is 12.6. The zero-order chi connectivity index (χ0) is 31.2. The molecule has 41 heavy (non-hydrogen) atoms. The van der Waals surface area contributed by atoms with Crippen LogP contribution in [0.15, 0.2) is 29.2 Å². The number of nitrogens with two attached hydrogens (primary N) is 1. The fourth-order valence-corrected chi connectivity index (χ4v) is 4.50. The molecule has 12 nitrogen and oxygen atoms in total. The summed E-state index contributed by atoms with van der Waals surface area (Å²) in [5.74, 6) is -1.32. The number of nitrogens with one attached hydrogen (secondary N) is 4. The van der Waals surface area contributed by atoms with Crippen molar-refractivity contribution in [3.8, 4) is 0 Å². The molecule has 1 aromatic rings. The van der Waals surface area contributed by atoms with E-state index in [4.69, 9.17) is 9.88 Å². The Hall–Kier alpha value is -2.84. The second-order valence-electron chi connectivity index (χ2n) is 10.6. The van der Waals surface area contributed by atoms with Crippen molar-refractivity contribution in [1.29, 1.82) is 0 Å². The van der Waals surface area contributed by atoms with Crippen LogP contribution in [-0.4, -0.2) is 69.3 Å². The van der Waals surface area contributed by atoms with Gasteiger partial charge in [0.05, 0.1) is 11.5 Å². The van der Waals surface area contributed by atoms with Gasteiger partial charge in [-0.1, -0.05) is 53.2 Å². The quantitative estimate of drug-likeness (QED) is 0.143. The molecule has 0 unspecified atom stereocenters. The van der Waals surface area contributed by atoms with Crippen LogP contribution in [0.3, 0.4) is 0 Å². The molecule has 0 spiro atoms. The molecule has 0 saturated carbocycles. The first-order chi connectivity index (χ1) is 19.2. The highest BCUT2D eigenvalue weighted by atomic mass is 32.2. The molecule has 3 atom stereocenters. The maximum atomic E-state index is 13.2. The first kappa shape index (κ1) is 36.2. The Bertz CT molecular complexity index is 1110. The average molecular weight is 616 g/mol. The lowest BCUT2D eigenvalue weighted by Crippen LogP contribution is -2.57. The Labute approximate surface area is 248 Å². The molecule has 0 saturated heterocycles. The van der Waals surface area contributed by atoms with Crippen LogP contribution in [-0.2, 0) is 35.6 Å². The van der Waals surface area contributed by atoms with Crippen molar-refractivity contribution in [2.45, 2.75) is 83.3 Å². The van der Waals surface area contributed by atoms with Crippen LogP contribution in [0.5, 0.6) is 0 Å². The lowest BCUT2D eigenvalue weighted by molar-refractivity contribution is -0.132. The van der Waals surface area contributed by atoms with Gasteiger partial charge in [-0.3, -0.25) is 14.4 Å². The molecule has 0 bridgehead atoms. The molecule has 0 radical (unpaired) electrons. The van der Waals surface area contributed by atoms with Gasteiger partial charge < -0.3 is 26.0 Å². The molecular weight excluding hydrogens is 570 g/mol. The van der Waals surface area contributed by atoms with E-state index in [-0.39, 0.29) is 35.6 Å². The number of hydrogen-bond donors (Lipinski definition) is 6. The number of carbonyl (C=O) groups is 4. The molecule has 0 aliphatic carbocycles. The number of carbonyl (C=O) groups excluding carboxylic acids is 4. The van der Waals surface area contributed by atoms with Gasteiger partial charge in [-0.2, -0.15) is 12.6 Å². The van der Waals surface area contributed by atoms with E-state index in [2.05, 4.69) is 33.9 Å². The van der Waals surface area contributed by atoms with E-state index in [1.54, 1.807) is 12.1 Å². The SMILES string of the molecule is CCC[C@H](NC(=O)OCC(C)C)C(=O)N[C@@H](CC(C)C)C(=O)N[C@@H](CS)C(=O)NCCc1ccc(S(N)(=O)=O)cc1. The van der Waals surface area contributed by atoms with Crippen molar-refractivity contribution in [1.82, 2.24) is 21.3 Å².